The van der Waals surface area contributed by atoms with E-state index in [4.69, 9.17) is 9.97 Å². The fourth-order valence-corrected chi connectivity index (χ4v) is 4.41. The van der Waals surface area contributed by atoms with E-state index in [0.717, 1.165) is 73.8 Å². The zero-order valence-electron chi connectivity index (χ0n) is 18.5. The molecular weight excluding hydrogens is 398 g/mol. The maximum Gasteiger partial charge on any atom is 0.225 e. The van der Waals surface area contributed by atoms with Crippen molar-refractivity contribution < 1.29 is 4.79 Å². The van der Waals surface area contributed by atoms with Gasteiger partial charge in [0.1, 0.15) is 11.6 Å². The van der Waals surface area contributed by atoms with Gasteiger partial charge in [-0.25, -0.2) is 9.97 Å². The lowest BCUT2D eigenvalue weighted by molar-refractivity contribution is -0.133. The lowest BCUT2D eigenvalue weighted by Crippen LogP contribution is -2.39. The van der Waals surface area contributed by atoms with E-state index >= 15 is 0 Å². The monoisotopic (exact) mass is 427 g/mol. The number of nitrogens with zero attached hydrogens (tertiary/aromatic N) is 4. The minimum atomic E-state index is 0.247. The number of pyridine rings is 1. The number of amides is 1. The van der Waals surface area contributed by atoms with Crippen molar-refractivity contribution in [2.75, 3.05) is 18.4 Å². The SMILES string of the molecule is CCc1ccccc1Nc1cc(-c2cccnc2)nc(C2CCN(C(=O)C3CC3)CC2)n1. The molecule has 1 aliphatic carbocycles. The first-order valence-electron chi connectivity index (χ1n) is 11.6. The van der Waals surface area contributed by atoms with E-state index in [-0.39, 0.29) is 11.8 Å². The van der Waals surface area contributed by atoms with E-state index in [1.807, 2.05) is 35.4 Å². The summed E-state index contributed by atoms with van der Waals surface area (Å²) in [6, 6.07) is 14.3. The van der Waals surface area contributed by atoms with Gasteiger partial charge in [-0.15, -0.1) is 0 Å². The molecule has 3 heterocycles. The van der Waals surface area contributed by atoms with Crippen LogP contribution in [0, 0.1) is 5.92 Å². The number of nitrogens with one attached hydrogen (secondary N) is 1. The van der Waals surface area contributed by atoms with Crippen molar-refractivity contribution in [1.29, 1.82) is 0 Å². The van der Waals surface area contributed by atoms with Gasteiger partial charge in [0.05, 0.1) is 5.69 Å². The summed E-state index contributed by atoms with van der Waals surface area (Å²) < 4.78 is 0. The maximum atomic E-state index is 12.4. The van der Waals surface area contributed by atoms with E-state index < -0.39 is 0 Å². The van der Waals surface area contributed by atoms with Gasteiger partial charge in [0.15, 0.2) is 0 Å². The third-order valence-corrected chi connectivity index (χ3v) is 6.46. The Balaban J connectivity index is 1.43. The lowest BCUT2D eigenvalue weighted by Gasteiger charge is -2.31. The van der Waals surface area contributed by atoms with Crippen LogP contribution in [0.4, 0.5) is 11.5 Å². The van der Waals surface area contributed by atoms with Gasteiger partial charge in [-0.2, -0.15) is 0 Å². The van der Waals surface area contributed by atoms with Crippen LogP contribution in [0.1, 0.15) is 49.9 Å². The summed E-state index contributed by atoms with van der Waals surface area (Å²) in [6.07, 6.45) is 8.48. The van der Waals surface area contributed by atoms with E-state index in [1.54, 1.807) is 6.20 Å². The predicted molar refractivity (Wildman–Crippen MR) is 126 cm³/mol. The highest BCUT2D eigenvalue weighted by atomic mass is 16.2. The molecule has 2 aliphatic rings. The molecule has 0 atom stereocenters. The van der Waals surface area contributed by atoms with E-state index in [9.17, 15) is 4.79 Å². The molecular formula is C26H29N5O. The summed E-state index contributed by atoms with van der Waals surface area (Å²) >= 11 is 0. The van der Waals surface area contributed by atoms with Crippen LogP contribution in [0.3, 0.4) is 0 Å². The molecule has 2 fully saturated rings. The molecule has 0 spiro atoms. The van der Waals surface area contributed by atoms with Crippen LogP contribution >= 0.6 is 0 Å². The number of hydrogen-bond acceptors (Lipinski definition) is 5. The van der Waals surface area contributed by atoms with E-state index in [1.165, 1.54) is 5.56 Å². The quantitative estimate of drug-likeness (QED) is 0.602. The molecule has 164 valence electrons. The van der Waals surface area contributed by atoms with Crippen molar-refractivity contribution in [2.24, 2.45) is 5.92 Å². The smallest absolute Gasteiger partial charge is 0.225 e. The van der Waals surface area contributed by atoms with Gasteiger partial charge in [-0.05, 0) is 55.9 Å². The summed E-state index contributed by atoms with van der Waals surface area (Å²) in [5, 5.41) is 3.53. The second-order valence-corrected chi connectivity index (χ2v) is 8.75. The fraction of sp³-hybridized carbons (Fsp3) is 0.385. The highest BCUT2D eigenvalue weighted by molar-refractivity contribution is 5.81. The molecule has 6 nitrogen and oxygen atoms in total. The minimum absolute atomic E-state index is 0.247. The van der Waals surface area contributed by atoms with E-state index in [2.05, 4.69) is 35.4 Å². The Labute approximate surface area is 189 Å². The van der Waals surface area contributed by atoms with Gasteiger partial charge in [0.25, 0.3) is 0 Å². The topological polar surface area (TPSA) is 71.0 Å². The number of anilines is 2. The number of para-hydroxylation sites is 1. The molecule has 2 aromatic heterocycles. The number of carbonyl (C=O) groups excluding carboxylic acids is 1. The summed E-state index contributed by atoms with van der Waals surface area (Å²) in [7, 11) is 0. The number of rotatable bonds is 6. The van der Waals surface area contributed by atoms with Gasteiger partial charge in [-0.1, -0.05) is 25.1 Å². The van der Waals surface area contributed by atoms with Crippen LogP contribution in [0.25, 0.3) is 11.3 Å². The largest absolute Gasteiger partial charge is 0.342 e. The number of likely N-dealkylation sites (tertiary alicyclic amines) is 1. The predicted octanol–water partition coefficient (Wildman–Crippen LogP) is 4.96. The molecule has 0 bridgehead atoms. The standard InChI is InChI=1S/C26H29N5O/c1-2-18-6-3-4-8-22(18)28-24-16-23(21-7-5-13-27-17-21)29-25(30-24)19-11-14-31(15-12-19)26(32)20-9-10-20/h3-8,13,16-17,19-20H,2,9-12,14-15H2,1H3,(H,28,29,30). The molecule has 1 saturated heterocycles. The third kappa shape index (κ3) is 4.49. The Morgan fingerprint density at radius 2 is 1.88 bits per heavy atom. The number of carbonyl (C=O) groups is 1. The number of aryl methyl sites for hydroxylation is 1. The first-order valence-corrected chi connectivity index (χ1v) is 11.6. The summed E-state index contributed by atoms with van der Waals surface area (Å²) in [5.74, 6) is 2.52. The Morgan fingerprint density at radius 1 is 1.06 bits per heavy atom. The summed E-state index contributed by atoms with van der Waals surface area (Å²) in [4.78, 5) is 28.6. The average molecular weight is 428 g/mol. The van der Waals surface area contributed by atoms with Gasteiger partial charge in [0.2, 0.25) is 5.91 Å². The van der Waals surface area contributed by atoms with Gasteiger partial charge in [-0.3, -0.25) is 9.78 Å². The van der Waals surface area contributed by atoms with Crippen molar-refractivity contribution in [3.8, 4) is 11.3 Å². The number of hydrogen-bond donors (Lipinski definition) is 1. The molecule has 0 radical (unpaired) electrons. The van der Waals surface area contributed by atoms with Crippen LogP contribution in [0.2, 0.25) is 0 Å². The van der Waals surface area contributed by atoms with Crippen LogP contribution in [-0.2, 0) is 11.2 Å². The van der Waals surface area contributed by atoms with Crippen molar-refractivity contribution in [2.45, 2.75) is 44.9 Å². The van der Waals surface area contributed by atoms with Crippen molar-refractivity contribution in [3.05, 3.63) is 66.2 Å². The number of aromatic nitrogens is 3. The molecule has 0 unspecified atom stereocenters. The zero-order valence-corrected chi connectivity index (χ0v) is 18.5. The Hall–Kier alpha value is -3.28. The molecule has 6 heteroatoms. The fourth-order valence-electron chi connectivity index (χ4n) is 4.41. The number of benzene rings is 1. The van der Waals surface area contributed by atoms with Crippen LogP contribution in [0.5, 0.6) is 0 Å². The molecule has 32 heavy (non-hydrogen) atoms. The minimum Gasteiger partial charge on any atom is -0.342 e. The Bertz CT molecular complexity index is 1090. The van der Waals surface area contributed by atoms with Gasteiger partial charge >= 0.3 is 0 Å². The zero-order chi connectivity index (χ0) is 21.9. The summed E-state index contributed by atoms with van der Waals surface area (Å²) in [5.41, 5.74) is 4.17. The second-order valence-electron chi connectivity index (χ2n) is 8.75. The average Bonchev–Trinajstić information content (AvgIpc) is 3.70. The van der Waals surface area contributed by atoms with Crippen LogP contribution in [-0.4, -0.2) is 38.8 Å². The first-order chi connectivity index (χ1) is 15.7. The van der Waals surface area contributed by atoms with Crippen molar-refractivity contribution in [3.63, 3.8) is 0 Å². The van der Waals surface area contributed by atoms with Crippen molar-refractivity contribution >= 4 is 17.4 Å². The molecule has 5 rings (SSSR count). The molecule has 1 saturated carbocycles. The van der Waals surface area contributed by atoms with Crippen LogP contribution < -0.4 is 5.32 Å². The van der Waals surface area contributed by atoms with E-state index in [0.29, 0.717) is 5.91 Å². The highest BCUT2D eigenvalue weighted by Gasteiger charge is 2.35. The maximum absolute atomic E-state index is 12.4. The lowest BCUT2D eigenvalue weighted by atomic mass is 9.95. The molecule has 1 aromatic carbocycles. The third-order valence-electron chi connectivity index (χ3n) is 6.46. The normalized spacial score (nSPS) is 16.7. The Kier molecular flexibility index (Phi) is 5.84. The molecule has 1 amide bonds. The van der Waals surface area contributed by atoms with Gasteiger partial charge < -0.3 is 10.2 Å². The first kappa shape index (κ1) is 20.6. The van der Waals surface area contributed by atoms with Crippen molar-refractivity contribution in [1.82, 2.24) is 19.9 Å². The highest BCUT2D eigenvalue weighted by Crippen LogP contribution is 2.35. The number of piperidine rings is 1. The Morgan fingerprint density at radius 3 is 2.59 bits per heavy atom. The second kappa shape index (κ2) is 9.07. The van der Waals surface area contributed by atoms with Gasteiger partial charge in [0, 0.05) is 54.6 Å². The van der Waals surface area contributed by atoms with Crippen LogP contribution in [0.15, 0.2) is 54.9 Å². The molecule has 3 aromatic rings. The molecule has 1 N–H and O–H groups in total. The summed E-state index contributed by atoms with van der Waals surface area (Å²) in [6.45, 7) is 3.74. The molecule has 1 aliphatic heterocycles.